The van der Waals surface area contributed by atoms with Crippen LogP contribution in [-0.4, -0.2) is 46.7 Å². The van der Waals surface area contributed by atoms with Gasteiger partial charge in [-0.3, -0.25) is 4.79 Å². The van der Waals surface area contributed by atoms with Gasteiger partial charge in [0, 0.05) is 32.6 Å². The maximum atomic E-state index is 12.9. The van der Waals surface area contributed by atoms with E-state index in [1.165, 1.54) is 16.4 Å². The topological polar surface area (TPSA) is 113 Å². The number of carbonyl (C=O) groups is 1. The number of amides is 1. The lowest BCUT2D eigenvalue weighted by molar-refractivity contribution is -0.121. The second-order valence-corrected chi connectivity index (χ2v) is 10.8. The molecular formula is C20H24FN3O5S2. The number of benzene rings is 2. The monoisotopic (exact) mass is 469 g/mol. The molecule has 0 aliphatic carbocycles. The van der Waals surface area contributed by atoms with Gasteiger partial charge in [0.1, 0.15) is 5.82 Å². The molecule has 0 unspecified atom stereocenters. The highest BCUT2D eigenvalue weighted by Gasteiger charge is 2.26. The second kappa shape index (κ2) is 9.86. The van der Waals surface area contributed by atoms with E-state index in [-0.39, 0.29) is 35.2 Å². The Labute approximate surface area is 181 Å². The molecule has 2 aromatic rings. The van der Waals surface area contributed by atoms with Crippen LogP contribution in [0.25, 0.3) is 0 Å². The normalized spacial score (nSPS) is 15.1. The molecule has 3 rings (SSSR count). The Morgan fingerprint density at radius 2 is 1.48 bits per heavy atom. The largest absolute Gasteiger partial charge is 0.352 e. The summed E-state index contributed by atoms with van der Waals surface area (Å²) in [6.45, 7) is 1.14. The van der Waals surface area contributed by atoms with Crippen LogP contribution in [0.3, 0.4) is 0 Å². The summed E-state index contributed by atoms with van der Waals surface area (Å²) in [4.78, 5) is 12.1. The molecule has 11 heteroatoms. The fraction of sp³-hybridized carbons (Fsp3) is 0.350. The van der Waals surface area contributed by atoms with Crippen molar-refractivity contribution >= 4 is 26.0 Å². The van der Waals surface area contributed by atoms with Gasteiger partial charge in [-0.2, -0.15) is 4.31 Å². The van der Waals surface area contributed by atoms with Gasteiger partial charge in [-0.05, 0) is 54.8 Å². The van der Waals surface area contributed by atoms with E-state index in [9.17, 15) is 26.0 Å². The molecule has 1 fully saturated rings. The molecule has 0 saturated carbocycles. The Morgan fingerprint density at radius 1 is 0.903 bits per heavy atom. The van der Waals surface area contributed by atoms with Crippen molar-refractivity contribution in [2.75, 3.05) is 19.6 Å². The van der Waals surface area contributed by atoms with Crippen molar-refractivity contribution in [3.63, 3.8) is 0 Å². The van der Waals surface area contributed by atoms with Crippen molar-refractivity contribution in [3.05, 3.63) is 59.9 Å². The van der Waals surface area contributed by atoms with Crippen LogP contribution in [0.5, 0.6) is 0 Å². The van der Waals surface area contributed by atoms with Crippen LogP contribution in [0, 0.1) is 5.82 Å². The molecule has 8 nitrogen and oxygen atoms in total. The van der Waals surface area contributed by atoms with Gasteiger partial charge in [0.2, 0.25) is 26.0 Å². The SMILES string of the molecule is O=C(CCNS(=O)(=O)c1ccc(F)cc1)NCc1ccc(S(=O)(=O)N2CCCC2)cc1. The third-order valence-corrected chi connectivity index (χ3v) is 8.27. The van der Waals surface area contributed by atoms with Crippen LogP contribution in [-0.2, 0) is 31.4 Å². The van der Waals surface area contributed by atoms with Crippen LogP contribution in [0.2, 0.25) is 0 Å². The Bertz CT molecular complexity index is 1110. The summed E-state index contributed by atoms with van der Waals surface area (Å²) < 4.78 is 65.9. The predicted molar refractivity (Wildman–Crippen MR) is 112 cm³/mol. The first kappa shape index (κ1) is 23.3. The molecule has 1 amide bonds. The van der Waals surface area contributed by atoms with Gasteiger partial charge in [-0.15, -0.1) is 0 Å². The maximum absolute atomic E-state index is 12.9. The van der Waals surface area contributed by atoms with Crippen molar-refractivity contribution in [2.45, 2.75) is 35.6 Å². The Hall–Kier alpha value is -2.34. The highest BCUT2D eigenvalue weighted by atomic mass is 32.2. The number of nitrogens with one attached hydrogen (secondary N) is 2. The minimum atomic E-state index is -3.82. The first-order valence-electron chi connectivity index (χ1n) is 9.79. The number of sulfonamides is 2. The number of hydrogen-bond donors (Lipinski definition) is 2. The van der Waals surface area contributed by atoms with E-state index in [1.54, 1.807) is 12.1 Å². The van der Waals surface area contributed by atoms with Crippen molar-refractivity contribution < 1.29 is 26.0 Å². The Balaban J connectivity index is 1.46. The molecule has 2 aromatic carbocycles. The van der Waals surface area contributed by atoms with Crippen LogP contribution in [0.1, 0.15) is 24.8 Å². The van der Waals surface area contributed by atoms with Crippen LogP contribution >= 0.6 is 0 Å². The molecular weight excluding hydrogens is 445 g/mol. The van der Waals surface area contributed by atoms with Gasteiger partial charge in [0.05, 0.1) is 9.79 Å². The van der Waals surface area contributed by atoms with E-state index >= 15 is 0 Å². The van der Waals surface area contributed by atoms with Gasteiger partial charge < -0.3 is 5.32 Å². The third kappa shape index (κ3) is 6.10. The molecule has 1 aliphatic rings. The van der Waals surface area contributed by atoms with E-state index in [0.29, 0.717) is 13.1 Å². The van der Waals surface area contributed by atoms with Crippen molar-refractivity contribution in [1.82, 2.24) is 14.3 Å². The Morgan fingerprint density at radius 3 is 2.10 bits per heavy atom. The van der Waals surface area contributed by atoms with E-state index in [1.807, 2.05) is 0 Å². The lowest BCUT2D eigenvalue weighted by Crippen LogP contribution is -2.30. The molecule has 31 heavy (non-hydrogen) atoms. The van der Waals surface area contributed by atoms with Crippen LogP contribution in [0.4, 0.5) is 4.39 Å². The molecule has 0 radical (unpaired) electrons. The minimum absolute atomic E-state index is 0.0815. The van der Waals surface area contributed by atoms with Gasteiger partial charge in [-0.25, -0.2) is 25.9 Å². The average molecular weight is 470 g/mol. The fourth-order valence-corrected chi connectivity index (χ4v) is 5.69. The molecule has 2 N–H and O–H groups in total. The van der Waals surface area contributed by atoms with Gasteiger partial charge in [-0.1, -0.05) is 12.1 Å². The van der Waals surface area contributed by atoms with E-state index < -0.39 is 25.9 Å². The first-order chi connectivity index (χ1) is 14.7. The molecule has 1 saturated heterocycles. The molecule has 1 aliphatic heterocycles. The summed E-state index contributed by atoms with van der Waals surface area (Å²) in [5.74, 6) is -0.907. The molecule has 0 atom stereocenters. The number of carbonyl (C=O) groups excluding carboxylic acids is 1. The van der Waals surface area contributed by atoms with E-state index in [2.05, 4.69) is 10.0 Å². The zero-order chi connectivity index (χ0) is 22.5. The van der Waals surface area contributed by atoms with Crippen molar-refractivity contribution in [2.24, 2.45) is 0 Å². The molecule has 1 heterocycles. The molecule has 0 spiro atoms. The number of nitrogens with zero attached hydrogens (tertiary/aromatic N) is 1. The van der Waals surface area contributed by atoms with E-state index in [0.717, 1.165) is 42.7 Å². The second-order valence-electron chi connectivity index (χ2n) is 7.13. The molecule has 0 bridgehead atoms. The van der Waals surface area contributed by atoms with Gasteiger partial charge >= 0.3 is 0 Å². The maximum Gasteiger partial charge on any atom is 0.243 e. The summed E-state index contributed by atoms with van der Waals surface area (Å²) in [5, 5.41) is 2.66. The lowest BCUT2D eigenvalue weighted by atomic mass is 10.2. The average Bonchev–Trinajstić information content (AvgIpc) is 3.29. The predicted octanol–water partition coefficient (Wildman–Crippen LogP) is 1.59. The summed E-state index contributed by atoms with van der Waals surface area (Å²) in [6.07, 6.45) is 1.65. The smallest absolute Gasteiger partial charge is 0.243 e. The number of rotatable bonds is 9. The minimum Gasteiger partial charge on any atom is -0.352 e. The van der Waals surface area contributed by atoms with Crippen molar-refractivity contribution in [1.29, 1.82) is 0 Å². The summed E-state index contributed by atoms with van der Waals surface area (Å²) in [5.41, 5.74) is 0.723. The Kier molecular flexibility index (Phi) is 7.42. The lowest BCUT2D eigenvalue weighted by Gasteiger charge is -2.15. The van der Waals surface area contributed by atoms with Crippen molar-refractivity contribution in [3.8, 4) is 0 Å². The van der Waals surface area contributed by atoms with Crippen LogP contribution in [0.15, 0.2) is 58.3 Å². The summed E-state index contributed by atoms with van der Waals surface area (Å²) in [7, 11) is -7.30. The highest BCUT2D eigenvalue weighted by Crippen LogP contribution is 2.21. The standard InChI is InChI=1S/C20H24FN3O5S2/c21-17-5-9-18(10-6-17)30(26,27)23-12-11-20(25)22-15-16-3-7-19(8-4-16)31(28,29)24-13-1-2-14-24/h3-10,23H,1-2,11-15H2,(H,22,25). The highest BCUT2D eigenvalue weighted by molar-refractivity contribution is 7.89. The van der Waals surface area contributed by atoms with Gasteiger partial charge in [0.25, 0.3) is 0 Å². The first-order valence-corrected chi connectivity index (χ1v) is 12.7. The summed E-state index contributed by atoms with van der Waals surface area (Å²) in [6, 6.07) is 10.7. The quantitative estimate of drug-likeness (QED) is 0.579. The zero-order valence-corrected chi connectivity index (χ0v) is 18.4. The fourth-order valence-electron chi connectivity index (χ4n) is 3.14. The third-order valence-electron chi connectivity index (χ3n) is 4.88. The van der Waals surface area contributed by atoms with Crippen LogP contribution < -0.4 is 10.0 Å². The zero-order valence-electron chi connectivity index (χ0n) is 16.8. The molecule has 168 valence electrons. The summed E-state index contributed by atoms with van der Waals surface area (Å²) >= 11 is 0. The molecule has 0 aromatic heterocycles. The van der Waals surface area contributed by atoms with Gasteiger partial charge in [0.15, 0.2) is 0 Å². The van der Waals surface area contributed by atoms with E-state index in [4.69, 9.17) is 0 Å². The number of halogens is 1. The number of hydrogen-bond acceptors (Lipinski definition) is 5.